The summed E-state index contributed by atoms with van der Waals surface area (Å²) in [6.45, 7) is 11.3. The Bertz CT molecular complexity index is 2050. The molecule has 262 valence electrons. The molecule has 50 heavy (non-hydrogen) atoms. The molecule has 1 unspecified atom stereocenters. The van der Waals surface area contributed by atoms with Gasteiger partial charge in [0.05, 0.1) is 16.8 Å². The lowest BCUT2D eigenvalue weighted by molar-refractivity contribution is 0.0956. The molecule has 1 saturated carbocycles. The number of nitrogens with zero attached hydrogens (tertiary/aromatic N) is 1. The number of imidazole rings is 1. The highest BCUT2D eigenvalue weighted by Crippen LogP contribution is 2.43. The predicted molar refractivity (Wildman–Crippen MR) is 202 cm³/mol. The van der Waals surface area contributed by atoms with Gasteiger partial charge in [-0.05, 0) is 106 Å². The zero-order chi connectivity index (χ0) is 35.7. The van der Waals surface area contributed by atoms with Crippen molar-refractivity contribution in [2.45, 2.75) is 84.0 Å². The number of rotatable bonds is 10. The molecule has 1 aliphatic carbocycles. The van der Waals surface area contributed by atoms with E-state index in [1.807, 2.05) is 12.1 Å². The smallest absolute Gasteiger partial charge is 0.266 e. The average molecular weight is 692 g/mol. The first kappa shape index (κ1) is 35.6. The van der Waals surface area contributed by atoms with Gasteiger partial charge in [-0.3, -0.25) is 9.35 Å². The highest BCUT2D eigenvalue weighted by Gasteiger charge is 2.28. The molecule has 0 saturated heterocycles. The van der Waals surface area contributed by atoms with Crippen molar-refractivity contribution < 1.29 is 17.8 Å². The summed E-state index contributed by atoms with van der Waals surface area (Å²) < 4.78 is 31.0. The molecule has 0 bridgehead atoms. The van der Waals surface area contributed by atoms with Crippen LogP contribution in [0.15, 0.2) is 91.0 Å². The van der Waals surface area contributed by atoms with Crippen LogP contribution in [-0.2, 0) is 22.0 Å². The van der Waals surface area contributed by atoms with Gasteiger partial charge >= 0.3 is 0 Å². The molecule has 4 aromatic carbocycles. The first-order valence-electron chi connectivity index (χ1n) is 17.7. The zero-order valence-corrected chi connectivity index (χ0v) is 30.6. The Morgan fingerprint density at radius 2 is 1.54 bits per heavy atom. The minimum Gasteiger partial charge on any atom is -0.351 e. The Labute approximate surface area is 296 Å². The molecule has 1 fully saturated rings. The van der Waals surface area contributed by atoms with Crippen LogP contribution >= 0.6 is 0 Å². The van der Waals surface area contributed by atoms with E-state index in [2.05, 4.69) is 112 Å². The first-order chi connectivity index (χ1) is 23.6. The summed E-state index contributed by atoms with van der Waals surface area (Å²) in [5.41, 5.74) is 10.1. The summed E-state index contributed by atoms with van der Waals surface area (Å²) in [6, 6.07) is 31.6. The lowest BCUT2D eigenvalue weighted by Crippen LogP contribution is -2.28. The van der Waals surface area contributed by atoms with Crippen LogP contribution in [-0.4, -0.2) is 41.1 Å². The van der Waals surface area contributed by atoms with Gasteiger partial charge < -0.3 is 10.3 Å². The van der Waals surface area contributed by atoms with Crippen molar-refractivity contribution in [1.29, 1.82) is 0 Å². The second kappa shape index (κ2) is 14.2. The Morgan fingerprint density at radius 1 is 0.920 bits per heavy atom. The van der Waals surface area contributed by atoms with Crippen LogP contribution in [0.25, 0.3) is 22.2 Å². The quantitative estimate of drug-likeness (QED) is 0.127. The second-order valence-electron chi connectivity index (χ2n) is 15.8. The topological polar surface area (TPSA) is 112 Å². The van der Waals surface area contributed by atoms with E-state index >= 15 is 0 Å². The number of fused-ring (bicyclic) bond motifs is 1. The monoisotopic (exact) mass is 691 g/mol. The van der Waals surface area contributed by atoms with Crippen molar-refractivity contribution in [1.82, 2.24) is 15.3 Å². The van der Waals surface area contributed by atoms with Crippen LogP contribution in [0.3, 0.4) is 0 Å². The molecule has 7 nitrogen and oxygen atoms in total. The molecule has 8 heteroatoms. The number of hydrogen-bond donors (Lipinski definition) is 3. The fourth-order valence-electron chi connectivity index (χ4n) is 7.06. The van der Waals surface area contributed by atoms with E-state index in [4.69, 9.17) is 9.54 Å². The van der Waals surface area contributed by atoms with Gasteiger partial charge in [0.2, 0.25) is 0 Å². The van der Waals surface area contributed by atoms with Gasteiger partial charge in [-0.15, -0.1) is 0 Å². The first-order valence-corrected chi connectivity index (χ1v) is 19.3. The number of carbonyl (C=O) groups is 1. The lowest BCUT2D eigenvalue weighted by atomic mass is 9.71. The molecule has 3 N–H and O–H groups in total. The van der Waals surface area contributed by atoms with Gasteiger partial charge in [0.1, 0.15) is 5.82 Å². The van der Waals surface area contributed by atoms with E-state index in [1.54, 1.807) is 12.1 Å². The zero-order valence-electron chi connectivity index (χ0n) is 29.8. The van der Waals surface area contributed by atoms with Gasteiger partial charge in [0, 0.05) is 18.0 Å². The molecule has 0 radical (unpaired) electrons. The number of hydrogen-bond acceptors (Lipinski definition) is 4. The molecular weight excluding hydrogens is 643 g/mol. The minimum atomic E-state index is -4.15. The summed E-state index contributed by atoms with van der Waals surface area (Å²) in [5.74, 6) is 0.489. The third-order valence-corrected chi connectivity index (χ3v) is 11.1. The van der Waals surface area contributed by atoms with E-state index in [-0.39, 0.29) is 17.9 Å². The lowest BCUT2D eigenvalue weighted by Gasteiger charge is -2.34. The predicted octanol–water partition coefficient (Wildman–Crippen LogP) is 9.20. The molecule has 0 aliphatic heterocycles. The number of benzene rings is 4. The number of nitrogens with one attached hydrogen (secondary N) is 2. The second-order valence-corrected chi connectivity index (χ2v) is 17.4. The van der Waals surface area contributed by atoms with E-state index in [9.17, 15) is 13.2 Å². The highest BCUT2D eigenvalue weighted by atomic mass is 32.2. The van der Waals surface area contributed by atoms with Crippen LogP contribution in [0.1, 0.15) is 111 Å². The van der Waals surface area contributed by atoms with E-state index in [0.717, 1.165) is 33.5 Å². The molecule has 1 amide bonds. The molecule has 1 atom stereocenters. The Balaban J connectivity index is 1.27. The van der Waals surface area contributed by atoms with Crippen LogP contribution in [0.2, 0.25) is 0 Å². The molecule has 0 spiro atoms. The summed E-state index contributed by atoms with van der Waals surface area (Å²) >= 11 is 0. The van der Waals surface area contributed by atoms with Gasteiger partial charge in [-0.1, -0.05) is 101 Å². The maximum absolute atomic E-state index is 12.6. The normalized spacial score (nSPS) is 16.0. The average Bonchev–Trinajstić information content (AvgIpc) is 3.50. The van der Waals surface area contributed by atoms with Gasteiger partial charge in [0.25, 0.3) is 16.0 Å². The minimum absolute atomic E-state index is 0.0620. The molecule has 1 aromatic heterocycles. The van der Waals surface area contributed by atoms with Crippen LogP contribution in [0.4, 0.5) is 0 Å². The maximum Gasteiger partial charge on any atom is 0.266 e. The summed E-state index contributed by atoms with van der Waals surface area (Å²) in [5, 5.41) is 2.55. The van der Waals surface area contributed by atoms with Crippen molar-refractivity contribution >= 4 is 27.1 Å². The molecule has 5 aromatic rings. The van der Waals surface area contributed by atoms with Crippen LogP contribution < -0.4 is 5.32 Å². The van der Waals surface area contributed by atoms with Gasteiger partial charge in [0.15, 0.2) is 0 Å². The Kier molecular flexibility index (Phi) is 10.1. The van der Waals surface area contributed by atoms with E-state index in [0.29, 0.717) is 23.3 Å². The van der Waals surface area contributed by atoms with E-state index < -0.39 is 21.8 Å². The number of amides is 1. The van der Waals surface area contributed by atoms with Gasteiger partial charge in [-0.2, -0.15) is 8.42 Å². The van der Waals surface area contributed by atoms with Crippen molar-refractivity contribution in [2.75, 3.05) is 12.3 Å². The molecule has 1 heterocycles. The van der Waals surface area contributed by atoms with Crippen molar-refractivity contribution in [2.24, 2.45) is 5.41 Å². The third kappa shape index (κ3) is 8.71. The third-order valence-electron chi connectivity index (χ3n) is 10.4. The highest BCUT2D eigenvalue weighted by molar-refractivity contribution is 7.85. The van der Waals surface area contributed by atoms with Crippen LogP contribution in [0, 0.1) is 5.41 Å². The summed E-state index contributed by atoms with van der Waals surface area (Å²) in [4.78, 5) is 21.4. The largest absolute Gasteiger partial charge is 0.351 e. The maximum atomic E-state index is 12.6. The fourth-order valence-corrected chi connectivity index (χ4v) is 7.43. The van der Waals surface area contributed by atoms with Gasteiger partial charge in [-0.25, -0.2) is 4.98 Å². The molecule has 1 aliphatic rings. The number of H-pyrrole nitrogens is 1. The molecule has 6 rings (SSSR count). The number of aromatic amines is 1. The molecular formula is C42H49N3O4S. The van der Waals surface area contributed by atoms with Crippen LogP contribution in [0.5, 0.6) is 0 Å². The summed E-state index contributed by atoms with van der Waals surface area (Å²) in [7, 11) is -4.15. The SMILES string of the molecule is CC1(C)CCC(c2ccc3nc(C(Cc4ccc(C(=O)NCCS(=O)(=O)O)cc4)c4ccc(-c5ccc(C(C)(C)C)cc5)cc4)[nH]c3c2)CC1. The summed E-state index contributed by atoms with van der Waals surface area (Å²) in [6.07, 6.45) is 5.57. The fraction of sp³-hybridized carbons (Fsp3) is 0.381. The van der Waals surface area contributed by atoms with Crippen molar-refractivity contribution in [3.05, 3.63) is 125 Å². The van der Waals surface area contributed by atoms with E-state index in [1.165, 1.54) is 42.4 Å². The van der Waals surface area contributed by atoms with Crippen molar-refractivity contribution in [3.8, 4) is 11.1 Å². The Morgan fingerprint density at radius 3 is 2.14 bits per heavy atom. The Hall–Kier alpha value is -4.27. The standard InChI is InChI=1S/C42H49N3O4S/c1-41(2,3)35-17-14-30(15-18-35)29-10-12-32(13-11-29)36(26-28-6-8-33(9-7-28)40(46)43-24-25-50(47,48)49)39-44-37-19-16-34(27-38(37)45-39)31-20-22-42(4,5)23-21-31/h6-19,27,31,36H,20-26H2,1-5H3,(H,43,46)(H,44,45)(H,47,48,49). The van der Waals surface area contributed by atoms with Crippen molar-refractivity contribution in [3.63, 3.8) is 0 Å². The number of aromatic nitrogens is 2. The number of carbonyl (C=O) groups excluding carboxylic acids is 1.